The molecule has 0 aliphatic heterocycles. The molecule has 6 heteroatoms. The van der Waals surface area contributed by atoms with E-state index in [0.29, 0.717) is 16.6 Å². The number of carbonyl (C=O) groups excluding carboxylic acids is 1. The summed E-state index contributed by atoms with van der Waals surface area (Å²) >= 11 is 0. The summed E-state index contributed by atoms with van der Waals surface area (Å²) in [5, 5.41) is 3.10. The van der Waals surface area contributed by atoms with E-state index >= 15 is 0 Å². The molecule has 0 aliphatic rings. The molecule has 3 aromatic rings. The molecule has 0 saturated heterocycles. The third-order valence-electron chi connectivity index (χ3n) is 3.60. The van der Waals surface area contributed by atoms with Crippen molar-refractivity contribution in [2.45, 2.75) is 13.0 Å². The van der Waals surface area contributed by atoms with Crippen LogP contribution in [0.2, 0.25) is 0 Å². The van der Waals surface area contributed by atoms with E-state index < -0.39 is 6.04 Å². The fourth-order valence-electron chi connectivity index (χ4n) is 2.27. The van der Waals surface area contributed by atoms with Crippen LogP contribution in [0.25, 0.3) is 10.9 Å². The number of nitrogens with one attached hydrogen (secondary N) is 1. The van der Waals surface area contributed by atoms with Crippen molar-refractivity contribution in [1.29, 1.82) is 0 Å². The highest BCUT2D eigenvalue weighted by Crippen LogP contribution is 2.13. The van der Waals surface area contributed by atoms with Crippen molar-refractivity contribution < 1.29 is 9.18 Å². The molecular formula is C17H14FN3O2. The zero-order valence-electron chi connectivity index (χ0n) is 12.4. The molecule has 1 N–H and O–H groups in total. The van der Waals surface area contributed by atoms with E-state index in [1.807, 2.05) is 0 Å². The van der Waals surface area contributed by atoms with Crippen LogP contribution in [0, 0.1) is 5.82 Å². The van der Waals surface area contributed by atoms with E-state index in [1.54, 1.807) is 31.2 Å². The summed E-state index contributed by atoms with van der Waals surface area (Å²) in [7, 11) is 0. The third kappa shape index (κ3) is 2.96. The third-order valence-corrected chi connectivity index (χ3v) is 3.60. The minimum atomic E-state index is -0.746. The number of anilines is 1. The Kier molecular flexibility index (Phi) is 3.89. The van der Waals surface area contributed by atoms with Crippen LogP contribution in [-0.2, 0) is 4.79 Å². The Balaban J connectivity index is 1.89. The highest BCUT2D eigenvalue weighted by molar-refractivity contribution is 5.93. The number of nitrogens with zero attached hydrogens (tertiary/aromatic N) is 2. The second-order valence-electron chi connectivity index (χ2n) is 5.15. The molecule has 0 unspecified atom stereocenters. The maximum atomic E-state index is 12.9. The molecule has 0 bridgehead atoms. The van der Waals surface area contributed by atoms with Crippen LogP contribution in [0.4, 0.5) is 10.1 Å². The van der Waals surface area contributed by atoms with Gasteiger partial charge in [-0.05, 0) is 43.3 Å². The van der Waals surface area contributed by atoms with Gasteiger partial charge in [-0.25, -0.2) is 9.37 Å². The van der Waals surface area contributed by atoms with Crippen molar-refractivity contribution in [1.82, 2.24) is 9.55 Å². The average molecular weight is 311 g/mol. The molecule has 1 atom stereocenters. The Hall–Kier alpha value is -3.02. The highest BCUT2D eigenvalue weighted by atomic mass is 19.1. The molecular weight excluding hydrogens is 297 g/mol. The van der Waals surface area contributed by atoms with Crippen LogP contribution in [0.5, 0.6) is 0 Å². The lowest BCUT2D eigenvalue weighted by atomic mass is 10.2. The molecule has 3 rings (SSSR count). The smallest absolute Gasteiger partial charge is 0.261 e. The van der Waals surface area contributed by atoms with Gasteiger partial charge < -0.3 is 5.32 Å². The van der Waals surface area contributed by atoms with E-state index in [2.05, 4.69) is 10.3 Å². The summed E-state index contributed by atoms with van der Waals surface area (Å²) in [6.45, 7) is 1.61. The number of halogens is 1. The molecule has 5 nitrogen and oxygen atoms in total. The number of hydrogen-bond acceptors (Lipinski definition) is 3. The van der Waals surface area contributed by atoms with Gasteiger partial charge in [-0.1, -0.05) is 12.1 Å². The SMILES string of the molecule is C[C@@H](C(=O)Nc1ccc(F)cc1)n1cnc2ccccc2c1=O. The van der Waals surface area contributed by atoms with Crippen molar-refractivity contribution >= 4 is 22.5 Å². The van der Waals surface area contributed by atoms with E-state index in [0.717, 1.165) is 0 Å². The minimum Gasteiger partial charge on any atom is -0.324 e. The van der Waals surface area contributed by atoms with E-state index in [4.69, 9.17) is 0 Å². The van der Waals surface area contributed by atoms with Crippen LogP contribution in [-0.4, -0.2) is 15.5 Å². The quantitative estimate of drug-likeness (QED) is 0.809. The fourth-order valence-corrected chi connectivity index (χ4v) is 2.27. The number of carbonyl (C=O) groups is 1. The van der Waals surface area contributed by atoms with Gasteiger partial charge in [0.25, 0.3) is 5.56 Å². The van der Waals surface area contributed by atoms with Crippen LogP contribution >= 0.6 is 0 Å². The number of fused-ring (bicyclic) bond motifs is 1. The van der Waals surface area contributed by atoms with Crippen LogP contribution < -0.4 is 10.9 Å². The molecule has 116 valence electrons. The zero-order chi connectivity index (χ0) is 16.4. The predicted molar refractivity (Wildman–Crippen MR) is 85.7 cm³/mol. The first-order valence-electron chi connectivity index (χ1n) is 7.08. The van der Waals surface area contributed by atoms with Crippen molar-refractivity contribution in [3.8, 4) is 0 Å². The van der Waals surface area contributed by atoms with Gasteiger partial charge in [0.05, 0.1) is 17.2 Å². The number of hydrogen-bond donors (Lipinski definition) is 1. The number of amides is 1. The van der Waals surface area contributed by atoms with Gasteiger partial charge in [0.15, 0.2) is 0 Å². The van der Waals surface area contributed by atoms with Crippen molar-refractivity contribution in [2.75, 3.05) is 5.32 Å². The van der Waals surface area contributed by atoms with Gasteiger partial charge in [-0.2, -0.15) is 0 Å². The number of rotatable bonds is 3. The molecule has 1 amide bonds. The Morgan fingerprint density at radius 3 is 2.61 bits per heavy atom. The maximum absolute atomic E-state index is 12.9. The van der Waals surface area contributed by atoms with Gasteiger partial charge in [0.2, 0.25) is 5.91 Å². The minimum absolute atomic E-state index is 0.280. The zero-order valence-corrected chi connectivity index (χ0v) is 12.4. The van der Waals surface area contributed by atoms with Crippen LogP contribution in [0.1, 0.15) is 13.0 Å². The topological polar surface area (TPSA) is 64.0 Å². The van der Waals surface area contributed by atoms with Gasteiger partial charge in [0, 0.05) is 5.69 Å². The summed E-state index contributed by atoms with van der Waals surface area (Å²) in [5.41, 5.74) is 0.766. The standard InChI is InChI=1S/C17H14FN3O2/c1-11(16(22)20-13-8-6-12(18)7-9-13)21-10-19-15-5-3-2-4-14(15)17(21)23/h2-11H,1H3,(H,20,22)/t11-/m0/s1. The number of aromatic nitrogens is 2. The molecule has 0 saturated carbocycles. The second kappa shape index (κ2) is 6.00. The Morgan fingerprint density at radius 1 is 1.17 bits per heavy atom. The summed E-state index contributed by atoms with van der Waals surface area (Å²) < 4.78 is 14.2. The second-order valence-corrected chi connectivity index (χ2v) is 5.15. The fraction of sp³-hybridized carbons (Fsp3) is 0.118. The first kappa shape index (κ1) is 14.9. The lowest BCUT2D eigenvalue weighted by molar-refractivity contribution is -0.118. The van der Waals surface area contributed by atoms with E-state index in [9.17, 15) is 14.0 Å². The first-order valence-corrected chi connectivity index (χ1v) is 7.08. The monoisotopic (exact) mass is 311 g/mol. The van der Waals surface area contributed by atoms with Crippen molar-refractivity contribution in [3.05, 3.63) is 71.0 Å². The molecule has 1 aromatic heterocycles. The van der Waals surface area contributed by atoms with Gasteiger partial charge in [-0.3, -0.25) is 14.2 Å². The van der Waals surface area contributed by atoms with Gasteiger partial charge >= 0.3 is 0 Å². The summed E-state index contributed by atoms with van der Waals surface area (Å²) in [6, 6.07) is 11.6. The summed E-state index contributed by atoms with van der Waals surface area (Å²) in [5.74, 6) is -0.762. The summed E-state index contributed by atoms with van der Waals surface area (Å²) in [4.78, 5) is 29.0. The number of benzene rings is 2. The molecule has 23 heavy (non-hydrogen) atoms. The normalized spacial score (nSPS) is 12.1. The summed E-state index contributed by atoms with van der Waals surface area (Å²) in [6.07, 6.45) is 1.36. The number of para-hydroxylation sites is 1. The van der Waals surface area contributed by atoms with E-state index in [-0.39, 0.29) is 17.3 Å². The van der Waals surface area contributed by atoms with Gasteiger partial charge in [-0.15, -0.1) is 0 Å². The van der Waals surface area contributed by atoms with Crippen LogP contribution in [0.15, 0.2) is 59.7 Å². The van der Waals surface area contributed by atoms with Crippen molar-refractivity contribution in [2.24, 2.45) is 0 Å². The highest BCUT2D eigenvalue weighted by Gasteiger charge is 2.17. The lowest BCUT2D eigenvalue weighted by Crippen LogP contribution is -2.31. The molecule has 0 radical (unpaired) electrons. The molecule has 1 heterocycles. The maximum Gasteiger partial charge on any atom is 0.261 e. The lowest BCUT2D eigenvalue weighted by Gasteiger charge is -2.15. The molecule has 2 aromatic carbocycles. The Bertz CT molecular complexity index is 919. The first-order chi connectivity index (χ1) is 11.1. The van der Waals surface area contributed by atoms with Gasteiger partial charge in [0.1, 0.15) is 11.9 Å². The predicted octanol–water partition coefficient (Wildman–Crippen LogP) is 2.74. The van der Waals surface area contributed by atoms with E-state index in [1.165, 1.54) is 35.2 Å². The van der Waals surface area contributed by atoms with Crippen LogP contribution in [0.3, 0.4) is 0 Å². The Morgan fingerprint density at radius 2 is 1.87 bits per heavy atom. The van der Waals surface area contributed by atoms with Crippen molar-refractivity contribution in [3.63, 3.8) is 0 Å². The average Bonchev–Trinajstić information content (AvgIpc) is 2.57. The Labute approximate surface area is 131 Å². The molecule has 0 fully saturated rings. The molecule has 0 aliphatic carbocycles. The molecule has 0 spiro atoms. The largest absolute Gasteiger partial charge is 0.324 e.